The molecule has 5 heteroatoms. The predicted molar refractivity (Wildman–Crippen MR) is 80.1 cm³/mol. The molecule has 20 heavy (non-hydrogen) atoms. The van der Waals surface area contributed by atoms with Crippen LogP contribution in [0.4, 0.5) is 0 Å². The van der Waals surface area contributed by atoms with Gasteiger partial charge in [0.05, 0.1) is 17.8 Å². The van der Waals surface area contributed by atoms with Crippen LogP contribution in [0.3, 0.4) is 0 Å². The average Bonchev–Trinajstić information content (AvgIpc) is 2.83. The summed E-state index contributed by atoms with van der Waals surface area (Å²) in [6.45, 7) is 6.43. The van der Waals surface area contributed by atoms with Gasteiger partial charge in [0.25, 0.3) is 0 Å². The van der Waals surface area contributed by atoms with Gasteiger partial charge < -0.3 is 14.5 Å². The van der Waals surface area contributed by atoms with Crippen molar-refractivity contribution in [2.24, 2.45) is 0 Å². The molecule has 0 aromatic carbocycles. The lowest BCUT2D eigenvalue weighted by molar-refractivity contribution is 0.199. The van der Waals surface area contributed by atoms with Crippen LogP contribution in [0.5, 0.6) is 0 Å². The molecule has 0 aliphatic rings. The fourth-order valence-corrected chi connectivity index (χ4v) is 2.66. The van der Waals surface area contributed by atoms with Crippen LogP contribution >= 0.6 is 11.8 Å². The molecule has 4 nitrogen and oxygen atoms in total. The molecule has 0 unspecified atom stereocenters. The monoisotopic (exact) mass is 292 g/mol. The quantitative estimate of drug-likeness (QED) is 0.794. The zero-order valence-corrected chi connectivity index (χ0v) is 12.9. The molecule has 0 saturated heterocycles. The second-order valence-electron chi connectivity index (χ2n) is 4.58. The largest absolute Gasteiger partial charge is 0.468 e. The molecule has 0 spiro atoms. The first-order valence-electron chi connectivity index (χ1n) is 6.58. The van der Waals surface area contributed by atoms with Crippen LogP contribution in [0, 0.1) is 13.8 Å². The summed E-state index contributed by atoms with van der Waals surface area (Å²) in [5, 5.41) is 4.34. The molecule has 2 rings (SSSR count). The third-order valence-electron chi connectivity index (χ3n) is 2.92. The first kappa shape index (κ1) is 15.1. The van der Waals surface area contributed by atoms with Gasteiger partial charge in [0.2, 0.25) is 0 Å². The van der Waals surface area contributed by atoms with Crippen LogP contribution in [-0.4, -0.2) is 25.2 Å². The number of ether oxygens (including phenoxy) is 1. The van der Waals surface area contributed by atoms with E-state index in [0.717, 1.165) is 35.4 Å². The van der Waals surface area contributed by atoms with Crippen molar-refractivity contribution >= 4 is 11.8 Å². The fourth-order valence-electron chi connectivity index (χ4n) is 1.81. The number of hydrogen-bond donors (Lipinski definition) is 1. The zero-order valence-electron chi connectivity index (χ0n) is 12.1. The number of aryl methyl sites for hydroxylation is 2. The summed E-state index contributed by atoms with van der Waals surface area (Å²) in [5.74, 6) is 0.932. The van der Waals surface area contributed by atoms with Crippen molar-refractivity contribution < 1.29 is 9.15 Å². The van der Waals surface area contributed by atoms with Crippen molar-refractivity contribution in [3.05, 3.63) is 41.5 Å². The van der Waals surface area contributed by atoms with E-state index in [-0.39, 0.29) is 0 Å². The van der Waals surface area contributed by atoms with Crippen molar-refractivity contribution in [3.8, 4) is 0 Å². The number of nitrogens with one attached hydrogen (secondary N) is 1. The number of aromatic nitrogens is 1. The maximum Gasteiger partial charge on any atom is 0.114 e. The highest BCUT2D eigenvalue weighted by Gasteiger charge is 2.08. The molecule has 0 radical (unpaired) electrons. The summed E-state index contributed by atoms with van der Waals surface area (Å²) in [4.78, 5) is 5.66. The van der Waals surface area contributed by atoms with Crippen LogP contribution in [0.2, 0.25) is 0 Å². The number of rotatable bonds is 7. The van der Waals surface area contributed by atoms with Gasteiger partial charge in [-0.2, -0.15) is 0 Å². The van der Waals surface area contributed by atoms with Crippen LogP contribution < -0.4 is 5.32 Å². The molecule has 0 aliphatic heterocycles. The Bertz CT molecular complexity index is 555. The number of methoxy groups -OCH3 is 1. The summed E-state index contributed by atoms with van der Waals surface area (Å²) in [7, 11) is 1.71. The van der Waals surface area contributed by atoms with Crippen LogP contribution in [0.1, 0.15) is 16.9 Å². The molecule has 0 amide bonds. The Morgan fingerprint density at radius 3 is 2.90 bits per heavy atom. The average molecular weight is 292 g/mol. The number of hydrogen-bond acceptors (Lipinski definition) is 5. The van der Waals surface area contributed by atoms with Gasteiger partial charge in [-0.25, -0.2) is 4.98 Å². The molecule has 2 heterocycles. The second kappa shape index (κ2) is 7.47. The van der Waals surface area contributed by atoms with E-state index in [0.29, 0.717) is 0 Å². The molecular formula is C15H20N2O2S. The van der Waals surface area contributed by atoms with Crippen molar-refractivity contribution in [3.63, 3.8) is 0 Å². The van der Waals surface area contributed by atoms with Gasteiger partial charge in [-0.3, -0.25) is 0 Å². The minimum absolute atomic E-state index is 0.722. The van der Waals surface area contributed by atoms with Gasteiger partial charge in [0.15, 0.2) is 0 Å². The van der Waals surface area contributed by atoms with Crippen molar-refractivity contribution in [1.82, 2.24) is 10.3 Å². The highest BCUT2D eigenvalue weighted by atomic mass is 32.2. The van der Waals surface area contributed by atoms with Crippen molar-refractivity contribution in [2.75, 3.05) is 20.3 Å². The van der Waals surface area contributed by atoms with Gasteiger partial charge in [-0.15, -0.1) is 0 Å². The summed E-state index contributed by atoms with van der Waals surface area (Å²) < 4.78 is 10.3. The van der Waals surface area contributed by atoms with Gasteiger partial charge in [0.1, 0.15) is 10.8 Å². The van der Waals surface area contributed by atoms with Gasteiger partial charge in [-0.05, 0) is 31.0 Å². The minimum atomic E-state index is 0.722. The Labute approximate surface area is 123 Å². The van der Waals surface area contributed by atoms with Gasteiger partial charge in [0, 0.05) is 26.4 Å². The van der Waals surface area contributed by atoms with E-state index in [1.165, 1.54) is 11.1 Å². The van der Waals surface area contributed by atoms with E-state index in [4.69, 9.17) is 9.15 Å². The molecule has 0 atom stereocenters. The standard InChI is InChI=1S/C15H20N2O2S/c1-11-8-13(9-16-5-7-18-3)10-17-15(11)20-14-4-6-19-12(14)2/h4,6,8,10,16H,5,7,9H2,1-3H3. The Hall–Kier alpha value is -1.30. The maximum absolute atomic E-state index is 5.31. The maximum atomic E-state index is 5.31. The van der Waals surface area contributed by atoms with Crippen molar-refractivity contribution in [2.45, 2.75) is 30.3 Å². The van der Waals surface area contributed by atoms with Crippen LogP contribution in [0.25, 0.3) is 0 Å². The number of pyridine rings is 1. The minimum Gasteiger partial charge on any atom is -0.468 e. The van der Waals surface area contributed by atoms with Gasteiger partial charge in [-0.1, -0.05) is 17.8 Å². The topological polar surface area (TPSA) is 47.3 Å². The zero-order chi connectivity index (χ0) is 14.4. The first-order chi connectivity index (χ1) is 9.70. The Morgan fingerprint density at radius 2 is 2.25 bits per heavy atom. The van der Waals surface area contributed by atoms with E-state index >= 15 is 0 Å². The Kier molecular flexibility index (Phi) is 5.64. The van der Waals surface area contributed by atoms with E-state index in [9.17, 15) is 0 Å². The molecule has 2 aromatic heterocycles. The number of furan rings is 1. The predicted octanol–water partition coefficient (Wildman–Crippen LogP) is 3.18. The SMILES string of the molecule is COCCNCc1cnc(Sc2ccoc2C)c(C)c1. The van der Waals surface area contributed by atoms with E-state index in [1.54, 1.807) is 25.1 Å². The third-order valence-corrected chi connectivity index (χ3v) is 4.18. The molecule has 0 aliphatic carbocycles. The normalized spacial score (nSPS) is 10.9. The Balaban J connectivity index is 1.97. The van der Waals surface area contributed by atoms with E-state index in [1.807, 2.05) is 19.2 Å². The summed E-state index contributed by atoms with van der Waals surface area (Å²) in [5.41, 5.74) is 2.37. The lowest BCUT2D eigenvalue weighted by Gasteiger charge is -2.08. The lowest BCUT2D eigenvalue weighted by Crippen LogP contribution is -2.18. The molecule has 0 fully saturated rings. The number of nitrogens with zero attached hydrogens (tertiary/aromatic N) is 1. The third kappa shape index (κ3) is 4.10. The Morgan fingerprint density at radius 1 is 1.40 bits per heavy atom. The highest BCUT2D eigenvalue weighted by Crippen LogP contribution is 2.31. The second-order valence-corrected chi connectivity index (χ2v) is 5.61. The molecular weight excluding hydrogens is 272 g/mol. The fraction of sp³-hybridized carbons (Fsp3) is 0.400. The molecule has 1 N–H and O–H groups in total. The molecule has 108 valence electrons. The molecule has 2 aromatic rings. The lowest BCUT2D eigenvalue weighted by atomic mass is 10.2. The summed E-state index contributed by atoms with van der Waals surface area (Å²) >= 11 is 1.64. The van der Waals surface area contributed by atoms with Crippen LogP contribution in [0.15, 0.2) is 38.9 Å². The van der Waals surface area contributed by atoms with Crippen LogP contribution in [-0.2, 0) is 11.3 Å². The smallest absolute Gasteiger partial charge is 0.114 e. The summed E-state index contributed by atoms with van der Waals surface area (Å²) in [6, 6.07) is 4.14. The summed E-state index contributed by atoms with van der Waals surface area (Å²) in [6.07, 6.45) is 3.63. The van der Waals surface area contributed by atoms with E-state index in [2.05, 4.69) is 23.3 Å². The molecule has 0 saturated carbocycles. The molecule has 0 bridgehead atoms. The van der Waals surface area contributed by atoms with Crippen molar-refractivity contribution in [1.29, 1.82) is 0 Å². The highest BCUT2D eigenvalue weighted by molar-refractivity contribution is 7.99. The first-order valence-corrected chi connectivity index (χ1v) is 7.39. The van der Waals surface area contributed by atoms with Gasteiger partial charge >= 0.3 is 0 Å². The van der Waals surface area contributed by atoms with E-state index < -0.39 is 0 Å².